The van der Waals surface area contributed by atoms with Crippen LogP contribution in [0.2, 0.25) is 6.55 Å². The first kappa shape index (κ1) is 14.6. The van der Waals surface area contributed by atoms with E-state index in [1.165, 1.54) is 4.57 Å². The Bertz CT molecular complexity index is 610. The highest BCUT2D eigenvalue weighted by Gasteiger charge is 2.42. The Morgan fingerprint density at radius 2 is 2.43 bits per heavy atom. The van der Waals surface area contributed by atoms with Gasteiger partial charge in [0.25, 0.3) is 10.0 Å². The molecular weight excluding hydrogens is 310 g/mol. The fourth-order valence-electron chi connectivity index (χ4n) is 2.41. The van der Waals surface area contributed by atoms with Crippen LogP contribution in [0.1, 0.15) is 6.23 Å². The molecule has 1 aromatic rings. The number of nitrogens with zero attached hydrogens (tertiary/aromatic N) is 2. The first-order chi connectivity index (χ1) is 10.1. The van der Waals surface area contributed by atoms with Crippen molar-refractivity contribution in [3.63, 3.8) is 0 Å². The fraction of sp³-hybridized carbons (Fsp3) is 0.455. The average molecular weight is 327 g/mol. The van der Waals surface area contributed by atoms with Crippen LogP contribution < -0.4 is 11.4 Å². The van der Waals surface area contributed by atoms with E-state index in [2.05, 4.69) is 11.6 Å². The molecule has 2 fully saturated rings. The normalized spacial score (nSPS) is 34.4. The second kappa shape index (κ2) is 5.83. The van der Waals surface area contributed by atoms with Crippen LogP contribution in [0.4, 0.5) is 5.82 Å². The molecule has 8 nitrogen and oxygen atoms in total. The van der Waals surface area contributed by atoms with E-state index < -0.39 is 31.2 Å². The van der Waals surface area contributed by atoms with Crippen molar-refractivity contribution in [2.45, 2.75) is 25.0 Å². The number of fused-ring (bicyclic) bond motifs is 1. The van der Waals surface area contributed by atoms with E-state index in [-0.39, 0.29) is 18.0 Å². The van der Waals surface area contributed by atoms with Gasteiger partial charge in [0.05, 0.1) is 6.61 Å². The largest absolute Gasteiger partial charge is 0.422 e. The fourth-order valence-corrected chi connectivity index (χ4v) is 4.97. The summed E-state index contributed by atoms with van der Waals surface area (Å²) >= 11 is 0. The second-order valence-corrected chi connectivity index (χ2v) is 8.31. The second-order valence-electron chi connectivity index (χ2n) is 4.92. The van der Waals surface area contributed by atoms with Crippen LogP contribution in [-0.2, 0) is 17.7 Å². The Balaban J connectivity index is 1.88. The summed E-state index contributed by atoms with van der Waals surface area (Å²) in [4.78, 5) is 15.7. The third kappa shape index (κ3) is 2.86. The molecule has 0 saturated carbocycles. The molecule has 4 atom stereocenters. The summed E-state index contributed by atoms with van der Waals surface area (Å²) < 4.78 is 24.3. The molecule has 0 aromatic carbocycles. The van der Waals surface area contributed by atoms with Gasteiger partial charge in [-0.1, -0.05) is 6.58 Å². The first-order valence-electron chi connectivity index (χ1n) is 6.60. The number of hydrogen-bond donors (Lipinski definition) is 1. The van der Waals surface area contributed by atoms with Gasteiger partial charge in [0.2, 0.25) is 0 Å². The predicted octanol–water partition coefficient (Wildman–Crippen LogP) is -1.44. The number of nitrogens with two attached hydrogens (primary N) is 1. The smallest absolute Gasteiger partial charge is 0.351 e. The molecule has 0 spiro atoms. The molecular formula is C11H17N3O5Si2. The van der Waals surface area contributed by atoms with E-state index in [1.54, 1.807) is 12.3 Å². The van der Waals surface area contributed by atoms with E-state index in [0.717, 1.165) is 0 Å². The lowest BCUT2D eigenvalue weighted by Gasteiger charge is -2.26. The van der Waals surface area contributed by atoms with Gasteiger partial charge in [-0.25, -0.2) is 4.79 Å². The van der Waals surface area contributed by atoms with E-state index >= 15 is 0 Å². The van der Waals surface area contributed by atoms with Gasteiger partial charge in [-0.3, -0.25) is 4.57 Å². The molecule has 2 N–H and O–H groups in total. The summed E-state index contributed by atoms with van der Waals surface area (Å²) in [6.07, 6.45) is 0.325. The van der Waals surface area contributed by atoms with Gasteiger partial charge in [-0.2, -0.15) is 4.98 Å². The Labute approximate surface area is 125 Å². The van der Waals surface area contributed by atoms with Crippen molar-refractivity contribution in [2.24, 2.45) is 0 Å². The Hall–Kier alpha value is -1.31. The van der Waals surface area contributed by atoms with Crippen LogP contribution in [0.15, 0.2) is 29.2 Å². The number of aromatic nitrogens is 2. The molecule has 0 bridgehead atoms. The lowest BCUT2D eigenvalue weighted by Crippen LogP contribution is -2.39. The highest BCUT2D eigenvalue weighted by molar-refractivity contribution is 6.50. The van der Waals surface area contributed by atoms with Crippen molar-refractivity contribution >= 4 is 25.1 Å². The van der Waals surface area contributed by atoms with Crippen molar-refractivity contribution in [1.82, 2.24) is 9.55 Å². The molecule has 0 aliphatic carbocycles. The lowest BCUT2D eigenvalue weighted by molar-refractivity contribution is -0.0444. The molecule has 3 heterocycles. The Morgan fingerprint density at radius 1 is 1.62 bits per heavy atom. The molecule has 1 aromatic heterocycles. The third-order valence-corrected chi connectivity index (χ3v) is 6.94. The SMILES string of the molecule is C=C1C(n2ccc(N)nc2=O)O[C@@H]2CO[SiH2]O[SiH](C)O[C@@H]12. The highest BCUT2D eigenvalue weighted by atomic mass is 28.4. The molecule has 2 saturated heterocycles. The van der Waals surface area contributed by atoms with Gasteiger partial charge in [0, 0.05) is 11.8 Å². The zero-order chi connectivity index (χ0) is 15.0. The maximum absolute atomic E-state index is 11.9. The monoisotopic (exact) mass is 327 g/mol. The van der Waals surface area contributed by atoms with Gasteiger partial charge in [0.1, 0.15) is 18.0 Å². The molecule has 10 heteroatoms. The molecule has 114 valence electrons. The maximum atomic E-state index is 11.9. The van der Waals surface area contributed by atoms with Crippen LogP contribution in [-0.4, -0.2) is 47.7 Å². The summed E-state index contributed by atoms with van der Waals surface area (Å²) in [5.41, 5.74) is 5.69. The van der Waals surface area contributed by atoms with Gasteiger partial charge >= 0.3 is 15.0 Å². The summed E-state index contributed by atoms with van der Waals surface area (Å²) in [5, 5.41) is 0. The third-order valence-electron chi connectivity index (χ3n) is 3.43. The number of ether oxygens (including phenoxy) is 1. The predicted molar refractivity (Wildman–Crippen MR) is 79.4 cm³/mol. The van der Waals surface area contributed by atoms with E-state index in [4.69, 9.17) is 23.4 Å². The van der Waals surface area contributed by atoms with Crippen LogP contribution in [0.5, 0.6) is 0 Å². The van der Waals surface area contributed by atoms with E-state index in [9.17, 15) is 4.79 Å². The van der Waals surface area contributed by atoms with Crippen molar-refractivity contribution in [3.8, 4) is 0 Å². The molecule has 3 rings (SSSR count). The molecule has 0 amide bonds. The average Bonchev–Trinajstić information content (AvgIpc) is 2.70. The van der Waals surface area contributed by atoms with Gasteiger partial charge in [-0.05, 0) is 12.6 Å². The zero-order valence-electron chi connectivity index (χ0n) is 11.6. The molecule has 21 heavy (non-hydrogen) atoms. The van der Waals surface area contributed by atoms with Crippen molar-refractivity contribution in [3.05, 3.63) is 34.9 Å². The Kier molecular flexibility index (Phi) is 4.06. The minimum absolute atomic E-state index is 0.172. The Morgan fingerprint density at radius 3 is 3.19 bits per heavy atom. The summed E-state index contributed by atoms with van der Waals surface area (Å²) in [7, 11) is -2.76. The molecule has 2 aliphatic rings. The van der Waals surface area contributed by atoms with Crippen LogP contribution in [0.3, 0.4) is 0 Å². The quantitative estimate of drug-likeness (QED) is 0.498. The summed E-state index contributed by atoms with van der Waals surface area (Å²) in [6, 6.07) is 1.54. The van der Waals surface area contributed by atoms with E-state index in [1.807, 2.05) is 6.55 Å². The lowest BCUT2D eigenvalue weighted by atomic mass is 10.1. The van der Waals surface area contributed by atoms with E-state index in [0.29, 0.717) is 12.2 Å². The van der Waals surface area contributed by atoms with Crippen LogP contribution in [0, 0.1) is 0 Å². The van der Waals surface area contributed by atoms with Gasteiger partial charge in [0.15, 0.2) is 6.23 Å². The molecule has 2 unspecified atom stereocenters. The summed E-state index contributed by atoms with van der Waals surface area (Å²) in [6.45, 7) is 6.34. The minimum atomic E-state index is -1.75. The van der Waals surface area contributed by atoms with Crippen LogP contribution in [0.25, 0.3) is 0 Å². The van der Waals surface area contributed by atoms with Crippen LogP contribution >= 0.6 is 0 Å². The standard InChI is InChI=1S/C11H17N3O5Si2/c1-6-9-7(5-16-20-19-21(2)18-9)17-10(6)14-4-3-8(12)13-11(14)15/h3-4,7,9-10,21H,1,5,20H2,2H3,(H2,12,13,15)/t7-,9+,10?,21?/m1/s1. The summed E-state index contributed by atoms with van der Waals surface area (Å²) in [5.74, 6) is 0.172. The molecule has 0 radical (unpaired) electrons. The van der Waals surface area contributed by atoms with Crippen molar-refractivity contribution in [1.29, 1.82) is 0 Å². The number of hydrogen-bond acceptors (Lipinski definition) is 7. The number of rotatable bonds is 1. The molecule has 2 aliphatic heterocycles. The van der Waals surface area contributed by atoms with Gasteiger partial charge < -0.3 is 23.4 Å². The van der Waals surface area contributed by atoms with Gasteiger partial charge in [-0.15, -0.1) is 0 Å². The first-order valence-corrected chi connectivity index (χ1v) is 9.85. The highest BCUT2D eigenvalue weighted by Crippen LogP contribution is 2.35. The van der Waals surface area contributed by atoms with Crippen molar-refractivity contribution in [2.75, 3.05) is 12.3 Å². The maximum Gasteiger partial charge on any atom is 0.351 e. The topological polar surface area (TPSA) is 97.8 Å². The van der Waals surface area contributed by atoms with Crippen molar-refractivity contribution < 1.29 is 17.7 Å². The number of anilines is 1. The number of nitrogen functional groups attached to an aromatic ring is 1. The minimum Gasteiger partial charge on any atom is -0.422 e. The zero-order valence-corrected chi connectivity index (χ0v) is 14.2.